The highest BCUT2D eigenvalue weighted by Gasteiger charge is 2.17. The fourth-order valence-corrected chi connectivity index (χ4v) is 2.86. The maximum absolute atomic E-state index is 12.7. The van der Waals surface area contributed by atoms with Crippen molar-refractivity contribution in [3.05, 3.63) is 65.1 Å². The molecular weight excluding hydrogens is 314 g/mol. The average molecular weight is 337 g/mol. The molecule has 3 rings (SSSR count). The van der Waals surface area contributed by atoms with Crippen LogP contribution in [0, 0.1) is 13.8 Å². The van der Waals surface area contributed by atoms with Gasteiger partial charge in [0.1, 0.15) is 17.1 Å². The van der Waals surface area contributed by atoms with Gasteiger partial charge in [-0.05, 0) is 57.0 Å². The zero-order valence-corrected chi connectivity index (χ0v) is 15.0. The summed E-state index contributed by atoms with van der Waals surface area (Å²) in [6, 6.07) is 11.7. The zero-order chi connectivity index (χ0) is 18.0. The van der Waals surface area contributed by atoms with Crippen LogP contribution in [0.5, 0.6) is 5.75 Å². The molecule has 0 fully saturated rings. The molecule has 2 aromatic heterocycles. The van der Waals surface area contributed by atoms with Gasteiger partial charge in [-0.25, -0.2) is 4.98 Å². The first-order valence-corrected chi connectivity index (χ1v) is 8.44. The van der Waals surface area contributed by atoms with Gasteiger partial charge in [0.15, 0.2) is 0 Å². The highest BCUT2D eigenvalue weighted by Crippen LogP contribution is 2.17. The van der Waals surface area contributed by atoms with Crippen LogP contribution in [-0.4, -0.2) is 21.4 Å². The van der Waals surface area contributed by atoms with Crippen LogP contribution in [0.25, 0.3) is 5.65 Å². The second kappa shape index (κ2) is 6.97. The van der Waals surface area contributed by atoms with Gasteiger partial charge in [0.2, 0.25) is 0 Å². The van der Waals surface area contributed by atoms with Crippen molar-refractivity contribution in [2.24, 2.45) is 0 Å². The number of amides is 1. The molecule has 25 heavy (non-hydrogen) atoms. The lowest BCUT2D eigenvalue weighted by molar-refractivity contribution is 0.0944. The number of imidazole rings is 1. The fraction of sp³-hybridized carbons (Fsp3) is 0.300. The quantitative estimate of drug-likeness (QED) is 0.773. The Bertz CT molecular complexity index is 912. The molecular formula is C20H23N3O2. The van der Waals surface area contributed by atoms with Gasteiger partial charge in [0.25, 0.3) is 5.91 Å². The second-order valence-electron chi connectivity index (χ2n) is 6.43. The van der Waals surface area contributed by atoms with Crippen LogP contribution in [0.2, 0.25) is 0 Å². The number of carbonyl (C=O) groups is 1. The summed E-state index contributed by atoms with van der Waals surface area (Å²) in [6.07, 6.45) is 1.99. The Balaban J connectivity index is 1.78. The van der Waals surface area contributed by atoms with E-state index in [0.29, 0.717) is 12.2 Å². The lowest BCUT2D eigenvalue weighted by Crippen LogP contribution is -2.25. The lowest BCUT2D eigenvalue weighted by Gasteiger charge is -2.11. The third-order valence-corrected chi connectivity index (χ3v) is 3.96. The van der Waals surface area contributed by atoms with E-state index in [1.54, 1.807) is 0 Å². The predicted molar refractivity (Wildman–Crippen MR) is 98.0 cm³/mol. The minimum Gasteiger partial charge on any atom is -0.491 e. The highest BCUT2D eigenvalue weighted by molar-refractivity contribution is 5.94. The minimum absolute atomic E-state index is 0.119. The number of rotatable bonds is 5. The van der Waals surface area contributed by atoms with Gasteiger partial charge >= 0.3 is 0 Å². The maximum atomic E-state index is 12.7. The molecule has 2 heterocycles. The number of ether oxygens (including phenoxy) is 1. The Morgan fingerprint density at radius 2 is 2.04 bits per heavy atom. The molecule has 0 bridgehead atoms. The van der Waals surface area contributed by atoms with Crippen molar-refractivity contribution in [1.82, 2.24) is 14.7 Å². The largest absolute Gasteiger partial charge is 0.491 e. The molecule has 0 unspecified atom stereocenters. The van der Waals surface area contributed by atoms with Crippen molar-refractivity contribution in [1.29, 1.82) is 0 Å². The Labute approximate surface area is 147 Å². The molecule has 0 spiro atoms. The van der Waals surface area contributed by atoms with Crippen LogP contribution in [0.4, 0.5) is 0 Å². The van der Waals surface area contributed by atoms with Gasteiger partial charge in [0.05, 0.1) is 11.8 Å². The van der Waals surface area contributed by atoms with Crippen molar-refractivity contribution in [2.45, 2.75) is 40.3 Å². The van der Waals surface area contributed by atoms with E-state index in [4.69, 9.17) is 4.74 Å². The van der Waals surface area contributed by atoms with Gasteiger partial charge in [-0.2, -0.15) is 0 Å². The molecule has 0 radical (unpaired) electrons. The van der Waals surface area contributed by atoms with E-state index in [2.05, 4.69) is 10.3 Å². The van der Waals surface area contributed by atoms with Crippen molar-refractivity contribution in [2.75, 3.05) is 0 Å². The number of pyridine rings is 1. The summed E-state index contributed by atoms with van der Waals surface area (Å²) in [5.41, 5.74) is 4.16. The first kappa shape index (κ1) is 17.0. The molecule has 0 aliphatic rings. The first-order valence-electron chi connectivity index (χ1n) is 8.44. The maximum Gasteiger partial charge on any atom is 0.270 e. The van der Waals surface area contributed by atoms with Crippen LogP contribution >= 0.6 is 0 Å². The summed E-state index contributed by atoms with van der Waals surface area (Å²) < 4.78 is 7.54. The van der Waals surface area contributed by atoms with E-state index in [-0.39, 0.29) is 12.0 Å². The number of aryl methyl sites for hydroxylation is 2. The van der Waals surface area contributed by atoms with Gasteiger partial charge in [-0.1, -0.05) is 18.2 Å². The molecule has 5 heteroatoms. The number of fused-ring (bicyclic) bond motifs is 1. The van der Waals surface area contributed by atoms with Gasteiger partial charge in [0, 0.05) is 12.7 Å². The number of carbonyl (C=O) groups excluding carboxylic acids is 1. The molecule has 130 valence electrons. The van der Waals surface area contributed by atoms with E-state index in [9.17, 15) is 4.79 Å². The number of benzene rings is 1. The number of aromatic nitrogens is 2. The van der Waals surface area contributed by atoms with Crippen molar-refractivity contribution < 1.29 is 9.53 Å². The van der Waals surface area contributed by atoms with E-state index in [0.717, 1.165) is 28.2 Å². The van der Waals surface area contributed by atoms with Crippen molar-refractivity contribution in [3.63, 3.8) is 0 Å². The average Bonchev–Trinajstić information content (AvgIpc) is 2.90. The number of nitrogens with one attached hydrogen (secondary N) is 1. The number of hydrogen-bond acceptors (Lipinski definition) is 3. The number of hydrogen-bond donors (Lipinski definition) is 1. The molecule has 0 saturated carbocycles. The molecule has 5 nitrogen and oxygen atoms in total. The third-order valence-electron chi connectivity index (χ3n) is 3.96. The molecule has 0 aliphatic carbocycles. The monoisotopic (exact) mass is 337 g/mol. The standard InChI is InChI=1S/C20H23N3O2/c1-13(2)25-17-9-5-8-16(11-17)12-21-20(24)18-15(4)22-19-14(3)7-6-10-23(18)19/h5-11,13H,12H2,1-4H3,(H,21,24). The smallest absolute Gasteiger partial charge is 0.270 e. The van der Waals surface area contributed by atoms with Crippen LogP contribution in [-0.2, 0) is 6.54 Å². The van der Waals surface area contributed by atoms with Crippen molar-refractivity contribution in [3.8, 4) is 5.75 Å². The van der Waals surface area contributed by atoms with Crippen LogP contribution in [0.3, 0.4) is 0 Å². The molecule has 0 saturated heterocycles. The summed E-state index contributed by atoms with van der Waals surface area (Å²) in [4.78, 5) is 17.2. The Kier molecular flexibility index (Phi) is 4.74. The normalized spacial score (nSPS) is 11.1. The van der Waals surface area contributed by atoms with E-state index in [1.165, 1.54) is 0 Å². The predicted octanol–water partition coefficient (Wildman–Crippen LogP) is 3.67. The van der Waals surface area contributed by atoms with E-state index < -0.39 is 0 Å². The van der Waals surface area contributed by atoms with Crippen molar-refractivity contribution >= 4 is 11.6 Å². The fourth-order valence-electron chi connectivity index (χ4n) is 2.86. The molecule has 0 atom stereocenters. The van der Waals surface area contributed by atoms with Gasteiger partial charge in [-0.15, -0.1) is 0 Å². The SMILES string of the molecule is Cc1nc2c(C)cccn2c1C(=O)NCc1cccc(OC(C)C)c1. The third kappa shape index (κ3) is 3.65. The molecule has 0 aliphatic heterocycles. The van der Waals surface area contributed by atoms with E-state index in [1.807, 2.05) is 74.7 Å². The van der Waals surface area contributed by atoms with Crippen LogP contribution in [0.1, 0.15) is 41.2 Å². The summed E-state index contributed by atoms with van der Waals surface area (Å²) >= 11 is 0. The summed E-state index contributed by atoms with van der Waals surface area (Å²) in [6.45, 7) is 8.27. The molecule has 1 aromatic carbocycles. The molecule has 3 aromatic rings. The van der Waals surface area contributed by atoms with Gasteiger partial charge < -0.3 is 10.1 Å². The summed E-state index contributed by atoms with van der Waals surface area (Å²) in [5.74, 6) is 0.675. The van der Waals surface area contributed by atoms with E-state index >= 15 is 0 Å². The summed E-state index contributed by atoms with van der Waals surface area (Å²) in [7, 11) is 0. The van der Waals surface area contributed by atoms with Crippen LogP contribution < -0.4 is 10.1 Å². The Hall–Kier alpha value is -2.82. The number of nitrogens with zero attached hydrogens (tertiary/aromatic N) is 2. The molecule has 1 amide bonds. The highest BCUT2D eigenvalue weighted by atomic mass is 16.5. The summed E-state index contributed by atoms with van der Waals surface area (Å²) in [5, 5.41) is 2.98. The van der Waals surface area contributed by atoms with Crippen LogP contribution in [0.15, 0.2) is 42.6 Å². The minimum atomic E-state index is -0.134. The molecule has 1 N–H and O–H groups in total. The van der Waals surface area contributed by atoms with Gasteiger partial charge in [-0.3, -0.25) is 9.20 Å². The first-order chi connectivity index (χ1) is 12.0. The second-order valence-corrected chi connectivity index (χ2v) is 6.43. The Morgan fingerprint density at radius 3 is 2.80 bits per heavy atom. The topological polar surface area (TPSA) is 55.6 Å². The Morgan fingerprint density at radius 1 is 1.24 bits per heavy atom. The zero-order valence-electron chi connectivity index (χ0n) is 15.0. The lowest BCUT2D eigenvalue weighted by atomic mass is 10.2.